The van der Waals surface area contributed by atoms with Crippen LogP contribution in [0.4, 0.5) is 5.69 Å². The molecule has 0 amide bonds. The minimum absolute atomic E-state index is 0.785. The van der Waals surface area contributed by atoms with E-state index in [0.717, 1.165) is 16.9 Å². The third-order valence-corrected chi connectivity index (χ3v) is 4.69. The van der Waals surface area contributed by atoms with Crippen LogP contribution in [0.2, 0.25) is 0 Å². The molecule has 4 aromatic carbocycles. The SMILES string of the molecule is Nc1ccc2c3ccccc3n(-c3ccc4ccccc4c3)c2c1. The van der Waals surface area contributed by atoms with Crippen LogP contribution < -0.4 is 5.73 Å². The van der Waals surface area contributed by atoms with Gasteiger partial charge in [0.25, 0.3) is 0 Å². The minimum Gasteiger partial charge on any atom is -0.399 e. The normalized spacial score (nSPS) is 11.5. The van der Waals surface area contributed by atoms with Crippen LogP contribution >= 0.6 is 0 Å². The smallest absolute Gasteiger partial charge is 0.0561 e. The van der Waals surface area contributed by atoms with Gasteiger partial charge < -0.3 is 10.3 Å². The number of aromatic nitrogens is 1. The molecule has 5 rings (SSSR count). The Hall–Kier alpha value is -3.26. The molecule has 0 aliphatic carbocycles. The van der Waals surface area contributed by atoms with E-state index in [1.54, 1.807) is 0 Å². The fourth-order valence-electron chi connectivity index (χ4n) is 3.58. The quantitative estimate of drug-likeness (QED) is 0.406. The molecular formula is C22H16N2. The van der Waals surface area contributed by atoms with Gasteiger partial charge in [0.05, 0.1) is 11.0 Å². The summed E-state index contributed by atoms with van der Waals surface area (Å²) < 4.78 is 2.30. The molecule has 0 saturated heterocycles. The zero-order chi connectivity index (χ0) is 16.1. The van der Waals surface area contributed by atoms with Crippen LogP contribution in [0.25, 0.3) is 38.3 Å². The van der Waals surface area contributed by atoms with Crippen molar-refractivity contribution in [1.29, 1.82) is 0 Å². The summed E-state index contributed by atoms with van der Waals surface area (Å²) in [5.41, 5.74) is 10.4. The molecule has 114 valence electrons. The van der Waals surface area contributed by atoms with Gasteiger partial charge in [-0.2, -0.15) is 0 Å². The molecule has 0 spiro atoms. The molecule has 2 N–H and O–H groups in total. The van der Waals surface area contributed by atoms with Gasteiger partial charge in [0.1, 0.15) is 0 Å². The van der Waals surface area contributed by atoms with Gasteiger partial charge in [0.15, 0.2) is 0 Å². The second-order valence-corrected chi connectivity index (χ2v) is 6.16. The molecule has 0 radical (unpaired) electrons. The summed E-state index contributed by atoms with van der Waals surface area (Å²) in [5, 5.41) is 4.97. The van der Waals surface area contributed by atoms with E-state index in [9.17, 15) is 0 Å². The lowest BCUT2D eigenvalue weighted by Crippen LogP contribution is -1.94. The van der Waals surface area contributed by atoms with Gasteiger partial charge in [0.2, 0.25) is 0 Å². The Labute approximate surface area is 139 Å². The third kappa shape index (κ3) is 1.83. The van der Waals surface area contributed by atoms with Crippen LogP contribution in [0.5, 0.6) is 0 Å². The highest BCUT2D eigenvalue weighted by Crippen LogP contribution is 2.33. The van der Waals surface area contributed by atoms with E-state index < -0.39 is 0 Å². The first-order valence-electron chi connectivity index (χ1n) is 8.09. The van der Waals surface area contributed by atoms with Crippen LogP contribution in [-0.4, -0.2) is 4.57 Å². The van der Waals surface area contributed by atoms with Crippen LogP contribution in [0, 0.1) is 0 Å². The average molecular weight is 308 g/mol. The zero-order valence-corrected chi connectivity index (χ0v) is 13.1. The number of nitrogen functional groups attached to an aromatic ring is 1. The molecular weight excluding hydrogens is 292 g/mol. The number of anilines is 1. The van der Waals surface area contributed by atoms with Gasteiger partial charge in [-0.15, -0.1) is 0 Å². The maximum Gasteiger partial charge on any atom is 0.0561 e. The van der Waals surface area contributed by atoms with Gasteiger partial charge >= 0.3 is 0 Å². The molecule has 0 aliphatic heterocycles. The van der Waals surface area contributed by atoms with Crippen molar-refractivity contribution in [2.75, 3.05) is 5.73 Å². The monoisotopic (exact) mass is 308 g/mol. The molecule has 1 aromatic heterocycles. The summed E-state index contributed by atoms with van der Waals surface area (Å²) in [7, 11) is 0. The summed E-state index contributed by atoms with van der Waals surface area (Å²) in [6, 6.07) is 29.7. The van der Waals surface area contributed by atoms with Crippen molar-refractivity contribution >= 4 is 38.3 Å². The van der Waals surface area contributed by atoms with Crippen molar-refractivity contribution in [2.24, 2.45) is 0 Å². The average Bonchev–Trinajstić information content (AvgIpc) is 2.94. The fourth-order valence-corrected chi connectivity index (χ4v) is 3.58. The van der Waals surface area contributed by atoms with Gasteiger partial charge in [-0.25, -0.2) is 0 Å². The van der Waals surface area contributed by atoms with Crippen LogP contribution in [0.15, 0.2) is 84.9 Å². The van der Waals surface area contributed by atoms with Gasteiger partial charge in [-0.1, -0.05) is 54.6 Å². The molecule has 0 unspecified atom stereocenters. The highest BCUT2D eigenvalue weighted by atomic mass is 15.0. The van der Waals surface area contributed by atoms with Gasteiger partial charge in [-0.3, -0.25) is 0 Å². The first-order chi connectivity index (χ1) is 11.8. The number of hydrogen-bond acceptors (Lipinski definition) is 1. The maximum atomic E-state index is 6.07. The van der Waals surface area contributed by atoms with Crippen LogP contribution in [0.3, 0.4) is 0 Å². The lowest BCUT2D eigenvalue weighted by molar-refractivity contribution is 1.19. The predicted molar refractivity (Wildman–Crippen MR) is 103 cm³/mol. The first-order valence-corrected chi connectivity index (χ1v) is 8.09. The Morgan fingerprint density at radius 2 is 1.33 bits per heavy atom. The Balaban J connectivity index is 1.93. The fraction of sp³-hybridized carbons (Fsp3) is 0. The van der Waals surface area contributed by atoms with Crippen molar-refractivity contribution in [2.45, 2.75) is 0 Å². The number of nitrogens with zero attached hydrogens (tertiary/aromatic N) is 1. The van der Waals surface area contributed by atoms with E-state index in [1.165, 1.54) is 27.1 Å². The van der Waals surface area contributed by atoms with Gasteiger partial charge in [0, 0.05) is 22.1 Å². The van der Waals surface area contributed by atoms with Crippen molar-refractivity contribution in [3.8, 4) is 5.69 Å². The third-order valence-electron chi connectivity index (χ3n) is 4.69. The Bertz CT molecular complexity index is 1210. The zero-order valence-electron chi connectivity index (χ0n) is 13.1. The molecule has 24 heavy (non-hydrogen) atoms. The minimum atomic E-state index is 0.785. The summed E-state index contributed by atoms with van der Waals surface area (Å²) >= 11 is 0. The summed E-state index contributed by atoms with van der Waals surface area (Å²) in [4.78, 5) is 0. The Morgan fingerprint density at radius 3 is 2.25 bits per heavy atom. The summed E-state index contributed by atoms with van der Waals surface area (Å²) in [5.74, 6) is 0. The van der Waals surface area contributed by atoms with Crippen molar-refractivity contribution in [3.63, 3.8) is 0 Å². The van der Waals surface area contributed by atoms with Gasteiger partial charge in [-0.05, 0) is 41.1 Å². The number of rotatable bonds is 1. The molecule has 0 atom stereocenters. The standard InChI is InChI=1S/C22H16N2/c23-17-10-12-20-19-7-3-4-8-21(19)24(22(20)14-17)18-11-9-15-5-1-2-6-16(15)13-18/h1-14H,23H2. The highest BCUT2D eigenvalue weighted by molar-refractivity contribution is 6.10. The molecule has 2 nitrogen and oxygen atoms in total. The Kier molecular flexibility index (Phi) is 2.68. The second-order valence-electron chi connectivity index (χ2n) is 6.16. The van der Waals surface area contributed by atoms with Crippen molar-refractivity contribution in [1.82, 2.24) is 4.57 Å². The number of nitrogens with two attached hydrogens (primary N) is 1. The molecule has 1 heterocycles. The predicted octanol–water partition coefficient (Wildman–Crippen LogP) is 5.52. The number of benzene rings is 4. The number of para-hydroxylation sites is 1. The lowest BCUT2D eigenvalue weighted by Gasteiger charge is -2.09. The Morgan fingerprint density at radius 1 is 0.583 bits per heavy atom. The molecule has 0 saturated carbocycles. The van der Waals surface area contributed by atoms with Crippen molar-refractivity contribution < 1.29 is 0 Å². The van der Waals surface area contributed by atoms with Crippen LogP contribution in [-0.2, 0) is 0 Å². The molecule has 0 fully saturated rings. The largest absolute Gasteiger partial charge is 0.399 e. The summed E-state index contributed by atoms with van der Waals surface area (Å²) in [6.07, 6.45) is 0. The number of hydrogen-bond donors (Lipinski definition) is 1. The second kappa shape index (κ2) is 4.87. The summed E-state index contributed by atoms with van der Waals surface area (Å²) in [6.45, 7) is 0. The van der Waals surface area contributed by atoms with E-state index in [0.29, 0.717) is 0 Å². The first kappa shape index (κ1) is 13.2. The van der Waals surface area contributed by atoms with E-state index in [-0.39, 0.29) is 0 Å². The van der Waals surface area contributed by atoms with E-state index >= 15 is 0 Å². The molecule has 0 bridgehead atoms. The molecule has 0 aliphatic rings. The topological polar surface area (TPSA) is 30.9 Å². The molecule has 5 aromatic rings. The molecule has 2 heteroatoms. The van der Waals surface area contributed by atoms with Crippen LogP contribution in [0.1, 0.15) is 0 Å². The highest BCUT2D eigenvalue weighted by Gasteiger charge is 2.12. The van der Waals surface area contributed by atoms with E-state index in [2.05, 4.69) is 83.4 Å². The maximum absolute atomic E-state index is 6.07. The van der Waals surface area contributed by atoms with E-state index in [4.69, 9.17) is 5.73 Å². The van der Waals surface area contributed by atoms with E-state index in [1.807, 2.05) is 6.07 Å². The number of fused-ring (bicyclic) bond motifs is 4. The van der Waals surface area contributed by atoms with Crippen molar-refractivity contribution in [3.05, 3.63) is 84.9 Å². The lowest BCUT2D eigenvalue weighted by atomic mass is 10.1.